The third kappa shape index (κ3) is 1.45. The Bertz CT molecular complexity index is 304. The van der Waals surface area contributed by atoms with Gasteiger partial charge in [-0.25, -0.2) is 0 Å². The van der Waals surface area contributed by atoms with Crippen molar-refractivity contribution < 1.29 is 0 Å². The molecule has 0 fully saturated rings. The van der Waals surface area contributed by atoms with Crippen molar-refractivity contribution in [3.05, 3.63) is 48.3 Å². The van der Waals surface area contributed by atoms with Crippen molar-refractivity contribution in [2.75, 3.05) is 0 Å². The SMILES string of the molecule is C=CC(=C)c1c(C)ccnc1C. The van der Waals surface area contributed by atoms with E-state index >= 15 is 0 Å². The Kier molecular flexibility index (Phi) is 2.44. The molecule has 0 saturated carbocycles. The predicted octanol–water partition coefficient (Wildman–Crippen LogP) is 2.90. The van der Waals surface area contributed by atoms with Crippen LogP contribution in [0.2, 0.25) is 0 Å². The van der Waals surface area contributed by atoms with Crippen molar-refractivity contribution in [3.63, 3.8) is 0 Å². The molecule has 0 radical (unpaired) electrons. The minimum Gasteiger partial charge on any atom is -0.261 e. The van der Waals surface area contributed by atoms with Crippen LogP contribution in [0.4, 0.5) is 0 Å². The van der Waals surface area contributed by atoms with Gasteiger partial charge in [0.05, 0.1) is 0 Å². The van der Waals surface area contributed by atoms with E-state index in [2.05, 4.69) is 25.1 Å². The largest absolute Gasteiger partial charge is 0.261 e. The molecule has 0 unspecified atom stereocenters. The first kappa shape index (κ1) is 8.72. The number of rotatable bonds is 2. The van der Waals surface area contributed by atoms with E-state index in [1.165, 1.54) is 5.56 Å². The number of allylic oxidation sites excluding steroid dienone is 2. The Balaban J connectivity index is 3.30. The summed E-state index contributed by atoms with van der Waals surface area (Å²) in [5, 5.41) is 0. The second-order valence-corrected chi connectivity index (χ2v) is 2.82. The van der Waals surface area contributed by atoms with E-state index in [-0.39, 0.29) is 0 Å². The van der Waals surface area contributed by atoms with Gasteiger partial charge in [0.15, 0.2) is 0 Å². The third-order valence-corrected chi connectivity index (χ3v) is 1.92. The fraction of sp³-hybridized carbons (Fsp3) is 0.182. The van der Waals surface area contributed by atoms with E-state index in [0.717, 1.165) is 16.8 Å². The maximum atomic E-state index is 4.20. The molecule has 0 aliphatic rings. The normalized spacial score (nSPS) is 9.50. The Morgan fingerprint density at radius 3 is 2.67 bits per heavy atom. The van der Waals surface area contributed by atoms with E-state index in [1.54, 1.807) is 6.08 Å². The molecule has 1 nitrogen and oxygen atoms in total. The highest BCUT2D eigenvalue weighted by Gasteiger charge is 2.03. The van der Waals surface area contributed by atoms with Crippen LogP contribution in [0.5, 0.6) is 0 Å². The van der Waals surface area contributed by atoms with Gasteiger partial charge in [-0.2, -0.15) is 0 Å². The van der Waals surface area contributed by atoms with Gasteiger partial charge in [0.2, 0.25) is 0 Å². The molecule has 1 rings (SSSR count). The zero-order valence-corrected chi connectivity index (χ0v) is 7.59. The van der Waals surface area contributed by atoms with E-state index < -0.39 is 0 Å². The summed E-state index contributed by atoms with van der Waals surface area (Å²) in [6.45, 7) is 11.6. The highest BCUT2D eigenvalue weighted by atomic mass is 14.7. The van der Waals surface area contributed by atoms with Gasteiger partial charge in [0.1, 0.15) is 0 Å². The van der Waals surface area contributed by atoms with Crippen LogP contribution in [-0.4, -0.2) is 4.98 Å². The number of aryl methyl sites for hydroxylation is 2. The van der Waals surface area contributed by atoms with Crippen LogP contribution < -0.4 is 0 Å². The van der Waals surface area contributed by atoms with Gasteiger partial charge < -0.3 is 0 Å². The lowest BCUT2D eigenvalue weighted by Gasteiger charge is -2.07. The van der Waals surface area contributed by atoms with Crippen molar-refractivity contribution in [1.82, 2.24) is 4.98 Å². The number of hydrogen-bond acceptors (Lipinski definition) is 1. The molecule has 0 saturated heterocycles. The van der Waals surface area contributed by atoms with Gasteiger partial charge in [0.25, 0.3) is 0 Å². The molecule has 1 heterocycles. The van der Waals surface area contributed by atoms with Crippen LogP contribution in [0.15, 0.2) is 31.5 Å². The number of pyridine rings is 1. The molecule has 0 aliphatic carbocycles. The Morgan fingerprint density at radius 1 is 1.50 bits per heavy atom. The summed E-state index contributed by atoms with van der Waals surface area (Å²) >= 11 is 0. The lowest BCUT2D eigenvalue weighted by Crippen LogP contribution is -1.92. The molecule has 0 aliphatic heterocycles. The smallest absolute Gasteiger partial charge is 0.0453 e. The van der Waals surface area contributed by atoms with Crippen LogP contribution in [0.1, 0.15) is 16.8 Å². The summed E-state index contributed by atoms with van der Waals surface area (Å²) in [4.78, 5) is 4.20. The van der Waals surface area contributed by atoms with E-state index in [1.807, 2.05) is 19.2 Å². The summed E-state index contributed by atoms with van der Waals surface area (Å²) in [7, 11) is 0. The summed E-state index contributed by atoms with van der Waals surface area (Å²) in [6.07, 6.45) is 3.57. The second kappa shape index (κ2) is 3.35. The van der Waals surface area contributed by atoms with Crippen molar-refractivity contribution in [3.8, 4) is 0 Å². The minimum atomic E-state index is 0.943. The second-order valence-electron chi connectivity index (χ2n) is 2.82. The number of aromatic nitrogens is 1. The first-order valence-corrected chi connectivity index (χ1v) is 3.90. The molecule has 0 atom stereocenters. The van der Waals surface area contributed by atoms with Gasteiger partial charge in [-0.1, -0.05) is 19.2 Å². The Morgan fingerprint density at radius 2 is 2.17 bits per heavy atom. The monoisotopic (exact) mass is 159 g/mol. The first-order valence-electron chi connectivity index (χ1n) is 3.90. The molecule has 62 valence electrons. The minimum absolute atomic E-state index is 0.943. The highest BCUT2D eigenvalue weighted by Crippen LogP contribution is 2.19. The fourth-order valence-corrected chi connectivity index (χ4v) is 1.28. The van der Waals surface area contributed by atoms with E-state index in [0.29, 0.717) is 0 Å². The van der Waals surface area contributed by atoms with Crippen molar-refractivity contribution in [2.45, 2.75) is 13.8 Å². The van der Waals surface area contributed by atoms with Crippen LogP contribution in [0.3, 0.4) is 0 Å². The lowest BCUT2D eigenvalue weighted by molar-refractivity contribution is 1.16. The van der Waals surface area contributed by atoms with Crippen LogP contribution in [0, 0.1) is 13.8 Å². The molecular weight excluding hydrogens is 146 g/mol. The average molecular weight is 159 g/mol. The molecule has 1 aromatic heterocycles. The Hall–Kier alpha value is -1.37. The van der Waals surface area contributed by atoms with Crippen molar-refractivity contribution in [1.29, 1.82) is 0 Å². The summed E-state index contributed by atoms with van der Waals surface area (Å²) < 4.78 is 0. The molecule has 0 amide bonds. The molecule has 12 heavy (non-hydrogen) atoms. The zero-order valence-electron chi connectivity index (χ0n) is 7.59. The zero-order chi connectivity index (χ0) is 9.14. The van der Waals surface area contributed by atoms with Crippen molar-refractivity contribution >= 4 is 5.57 Å². The maximum Gasteiger partial charge on any atom is 0.0453 e. The highest BCUT2D eigenvalue weighted by molar-refractivity contribution is 5.74. The van der Waals surface area contributed by atoms with Crippen molar-refractivity contribution in [2.24, 2.45) is 0 Å². The number of nitrogens with zero attached hydrogens (tertiary/aromatic N) is 1. The molecule has 0 aromatic carbocycles. The molecule has 1 aromatic rings. The van der Waals surface area contributed by atoms with Gasteiger partial charge in [-0.05, 0) is 31.1 Å². The van der Waals surface area contributed by atoms with Crippen LogP contribution in [-0.2, 0) is 0 Å². The molecule has 0 N–H and O–H groups in total. The van der Waals surface area contributed by atoms with E-state index in [4.69, 9.17) is 0 Å². The maximum absolute atomic E-state index is 4.20. The fourth-order valence-electron chi connectivity index (χ4n) is 1.28. The average Bonchev–Trinajstić information content (AvgIpc) is 2.03. The van der Waals surface area contributed by atoms with Crippen LogP contribution >= 0.6 is 0 Å². The quantitative estimate of drug-likeness (QED) is 0.604. The molecule has 0 bridgehead atoms. The van der Waals surface area contributed by atoms with Gasteiger partial charge >= 0.3 is 0 Å². The predicted molar refractivity (Wildman–Crippen MR) is 52.9 cm³/mol. The first-order chi connectivity index (χ1) is 5.66. The van der Waals surface area contributed by atoms with Gasteiger partial charge in [-0.3, -0.25) is 4.98 Å². The van der Waals surface area contributed by atoms with Gasteiger partial charge in [-0.15, -0.1) is 0 Å². The molecule has 1 heteroatoms. The summed E-state index contributed by atoms with van der Waals surface area (Å²) in [6, 6.07) is 1.98. The van der Waals surface area contributed by atoms with Crippen LogP contribution in [0.25, 0.3) is 5.57 Å². The summed E-state index contributed by atoms with van der Waals surface area (Å²) in [5.74, 6) is 0. The number of hydrogen-bond donors (Lipinski definition) is 0. The molecular formula is C11H13N. The topological polar surface area (TPSA) is 12.9 Å². The lowest BCUT2D eigenvalue weighted by atomic mass is 10.0. The van der Waals surface area contributed by atoms with Gasteiger partial charge in [0, 0.05) is 17.5 Å². The third-order valence-electron chi connectivity index (χ3n) is 1.92. The standard InChI is InChI=1S/C11H13N/c1-5-8(2)11-9(3)6-7-12-10(11)4/h5-7H,1-2H2,3-4H3. The van der Waals surface area contributed by atoms with E-state index in [9.17, 15) is 0 Å². The molecule has 0 spiro atoms. The summed E-state index contributed by atoms with van der Waals surface area (Å²) in [5.41, 5.74) is 4.28. The Labute approximate surface area is 73.5 Å².